The van der Waals surface area contributed by atoms with Gasteiger partial charge in [-0.15, -0.1) is 0 Å². The van der Waals surface area contributed by atoms with E-state index in [0.29, 0.717) is 6.04 Å². The van der Waals surface area contributed by atoms with E-state index in [1.165, 1.54) is 0 Å². The summed E-state index contributed by atoms with van der Waals surface area (Å²) in [6, 6.07) is 10.2. The molecule has 1 rings (SSSR count). The quantitative estimate of drug-likeness (QED) is 0.431. The van der Waals surface area contributed by atoms with Gasteiger partial charge in [0.25, 0.3) is 9.85 Å². The van der Waals surface area contributed by atoms with E-state index in [-0.39, 0.29) is 0 Å². The van der Waals surface area contributed by atoms with E-state index < -0.39 is 9.85 Å². The molecule has 0 aromatic heterocycles. The maximum atomic E-state index is 11.7. The van der Waals surface area contributed by atoms with Crippen LogP contribution in [0.2, 0.25) is 0 Å². The third-order valence-electron chi connectivity index (χ3n) is 1.11. The fraction of sp³-hybridized carbons (Fsp3) is 0.143. The molecule has 1 aromatic carbocycles. The first-order valence-corrected chi connectivity index (χ1v) is 3.89. The summed E-state index contributed by atoms with van der Waals surface area (Å²) in [6.07, 6.45) is 0. The predicted molar refractivity (Wildman–Crippen MR) is 37.0 cm³/mol. The molecule has 2 heteroatoms. The van der Waals surface area contributed by atoms with Crippen LogP contribution in [0.4, 0.5) is 4.11 Å². The normalized spacial score (nSPS) is 9.44. The summed E-state index contributed by atoms with van der Waals surface area (Å²) in [7, 11) is -0.465. The van der Waals surface area contributed by atoms with E-state index in [4.69, 9.17) is 0 Å². The van der Waals surface area contributed by atoms with E-state index in [1.54, 1.807) is 0 Å². The van der Waals surface area contributed by atoms with Crippen LogP contribution < -0.4 is 0 Å². The molecule has 46 valence electrons. The number of hydrogen-bond donors (Lipinski definition) is 0. The lowest BCUT2D eigenvalue weighted by molar-refractivity contribution is 0.859. The van der Waals surface area contributed by atoms with E-state index in [9.17, 15) is 4.11 Å². The van der Waals surface area contributed by atoms with Crippen molar-refractivity contribution in [2.24, 2.45) is 0 Å². The van der Waals surface area contributed by atoms with E-state index in [2.05, 4.69) is 0 Å². The summed E-state index contributed by atoms with van der Waals surface area (Å²) in [5.41, 5.74) is 1.08. The van der Waals surface area contributed by atoms with Crippen molar-refractivity contribution in [3.63, 3.8) is 0 Å². The van der Waals surface area contributed by atoms with Gasteiger partial charge in [0.2, 0.25) is 0 Å². The van der Waals surface area contributed by atoms with E-state index in [1.807, 2.05) is 30.3 Å². The maximum Gasteiger partial charge on any atom is 0.299 e. The Morgan fingerprint density at radius 3 is 2.44 bits per heavy atom. The van der Waals surface area contributed by atoms with Crippen LogP contribution >= 0.6 is 0 Å². The molecule has 0 saturated heterocycles. The molecule has 0 unspecified atom stereocenters. The van der Waals surface area contributed by atoms with Gasteiger partial charge in [0.1, 0.15) is 0 Å². The van der Waals surface area contributed by atoms with Crippen LogP contribution in [-0.4, -0.2) is 9.85 Å². The summed E-state index contributed by atoms with van der Waals surface area (Å²) in [5, 5.41) is 0. The topological polar surface area (TPSA) is 0 Å². The molecule has 0 nitrogen and oxygen atoms in total. The van der Waals surface area contributed by atoms with Crippen LogP contribution in [0.15, 0.2) is 30.3 Å². The van der Waals surface area contributed by atoms with Gasteiger partial charge in [0.15, 0.2) is 0 Å². The second-order valence-electron chi connectivity index (χ2n) is 1.80. The highest BCUT2D eigenvalue weighted by Gasteiger charge is 1.89. The Morgan fingerprint density at radius 1 is 1.22 bits per heavy atom. The van der Waals surface area contributed by atoms with Crippen LogP contribution in [-0.2, 0) is 6.04 Å². The smallest absolute Gasteiger partial charge is 0.299 e. The number of rotatable bonds is 2. The minimum absolute atomic E-state index is 0.465. The SMILES string of the molecule is F[Si]Cc1ccccc1. The van der Waals surface area contributed by atoms with Crippen molar-refractivity contribution in [3.05, 3.63) is 35.9 Å². The Kier molecular flexibility index (Phi) is 2.45. The average Bonchev–Trinajstić information content (AvgIpc) is 1.91. The van der Waals surface area contributed by atoms with Crippen LogP contribution in [0, 0.1) is 0 Å². The molecule has 0 heterocycles. The largest absolute Gasteiger partial charge is 0.315 e. The summed E-state index contributed by atoms with van der Waals surface area (Å²) >= 11 is 0. The predicted octanol–water partition coefficient (Wildman–Crippen LogP) is 1.78. The Labute approximate surface area is 56.7 Å². The molecule has 0 saturated carbocycles. The number of benzene rings is 1. The summed E-state index contributed by atoms with van der Waals surface area (Å²) in [6.45, 7) is 0. The molecular weight excluding hydrogens is 131 g/mol. The molecule has 0 aliphatic heterocycles. The van der Waals surface area contributed by atoms with Gasteiger partial charge >= 0.3 is 0 Å². The van der Waals surface area contributed by atoms with Crippen molar-refractivity contribution in [2.75, 3.05) is 0 Å². The van der Waals surface area contributed by atoms with Crippen molar-refractivity contribution in [1.29, 1.82) is 0 Å². The molecule has 0 N–H and O–H groups in total. The van der Waals surface area contributed by atoms with Gasteiger partial charge in [-0.25, -0.2) is 0 Å². The van der Waals surface area contributed by atoms with Crippen molar-refractivity contribution >= 4 is 9.85 Å². The highest BCUT2D eigenvalue weighted by molar-refractivity contribution is 6.25. The van der Waals surface area contributed by atoms with Crippen molar-refractivity contribution in [1.82, 2.24) is 0 Å². The van der Waals surface area contributed by atoms with Gasteiger partial charge in [-0.05, 0) is 11.6 Å². The standard InChI is InChI=1S/C7H7FSi/c8-9-6-7-4-2-1-3-5-7/h1-5H,6H2. The van der Waals surface area contributed by atoms with Gasteiger partial charge in [-0.3, -0.25) is 0 Å². The molecule has 0 bridgehead atoms. The second kappa shape index (κ2) is 3.40. The minimum Gasteiger partial charge on any atom is -0.315 e. The van der Waals surface area contributed by atoms with E-state index >= 15 is 0 Å². The summed E-state index contributed by atoms with van der Waals surface area (Å²) < 4.78 is 11.7. The van der Waals surface area contributed by atoms with Gasteiger partial charge in [0.05, 0.1) is 0 Å². The molecule has 2 radical (unpaired) electrons. The van der Waals surface area contributed by atoms with Crippen molar-refractivity contribution in [2.45, 2.75) is 6.04 Å². The van der Waals surface area contributed by atoms with E-state index in [0.717, 1.165) is 5.56 Å². The minimum atomic E-state index is -0.465. The third kappa shape index (κ3) is 1.97. The molecule has 0 aliphatic rings. The lowest BCUT2D eigenvalue weighted by Crippen LogP contribution is -1.87. The fourth-order valence-corrected chi connectivity index (χ4v) is 1.06. The van der Waals surface area contributed by atoms with Crippen LogP contribution in [0.5, 0.6) is 0 Å². The van der Waals surface area contributed by atoms with Gasteiger partial charge in [-0.2, -0.15) is 0 Å². The first kappa shape index (κ1) is 6.49. The van der Waals surface area contributed by atoms with Crippen molar-refractivity contribution < 1.29 is 4.11 Å². The molecule has 0 amide bonds. The third-order valence-corrected chi connectivity index (χ3v) is 1.66. The fourth-order valence-electron chi connectivity index (χ4n) is 0.673. The molecule has 0 fully saturated rings. The molecular formula is C7H7FSi. The Hall–Kier alpha value is -0.633. The second-order valence-corrected chi connectivity index (χ2v) is 2.42. The summed E-state index contributed by atoms with van der Waals surface area (Å²) in [4.78, 5) is 0. The first-order valence-electron chi connectivity index (χ1n) is 2.81. The van der Waals surface area contributed by atoms with Crippen molar-refractivity contribution in [3.8, 4) is 0 Å². The molecule has 0 spiro atoms. The Bertz CT molecular complexity index is 162. The molecule has 0 atom stereocenters. The van der Waals surface area contributed by atoms with Gasteiger partial charge < -0.3 is 4.11 Å². The lowest BCUT2D eigenvalue weighted by Gasteiger charge is -1.90. The number of hydrogen-bond acceptors (Lipinski definition) is 0. The Balaban J connectivity index is 2.61. The maximum absolute atomic E-state index is 11.7. The van der Waals surface area contributed by atoms with Gasteiger partial charge in [-0.1, -0.05) is 30.3 Å². The zero-order valence-corrected chi connectivity index (χ0v) is 5.97. The average molecular weight is 138 g/mol. The molecule has 1 aromatic rings. The van der Waals surface area contributed by atoms with Crippen LogP contribution in [0.25, 0.3) is 0 Å². The first-order chi connectivity index (χ1) is 4.43. The number of halogens is 1. The lowest BCUT2D eigenvalue weighted by atomic mass is 10.2. The van der Waals surface area contributed by atoms with Crippen LogP contribution in [0.1, 0.15) is 5.56 Å². The molecule has 0 aliphatic carbocycles. The highest BCUT2D eigenvalue weighted by atomic mass is 28.3. The Morgan fingerprint density at radius 2 is 1.89 bits per heavy atom. The highest BCUT2D eigenvalue weighted by Crippen LogP contribution is 1.97. The zero-order chi connectivity index (χ0) is 6.53. The zero-order valence-electron chi connectivity index (χ0n) is 4.97. The summed E-state index contributed by atoms with van der Waals surface area (Å²) in [5.74, 6) is 0. The van der Waals surface area contributed by atoms with Crippen LogP contribution in [0.3, 0.4) is 0 Å². The monoisotopic (exact) mass is 138 g/mol. The van der Waals surface area contributed by atoms with Gasteiger partial charge in [0, 0.05) is 0 Å². The molecule has 9 heavy (non-hydrogen) atoms.